The molecule has 27 heavy (non-hydrogen) atoms. The lowest BCUT2D eigenvalue weighted by Gasteiger charge is -2.42. The number of halogens is 1. The Morgan fingerprint density at radius 2 is 1.67 bits per heavy atom. The second kappa shape index (κ2) is 9.53. The van der Waals surface area contributed by atoms with Gasteiger partial charge < -0.3 is 20.3 Å². The minimum absolute atomic E-state index is 0. The number of amides is 2. The van der Waals surface area contributed by atoms with E-state index in [0.29, 0.717) is 65.2 Å². The molecule has 2 N–H and O–H groups in total. The molecule has 2 aliphatic heterocycles. The lowest BCUT2D eigenvalue weighted by atomic mass is 9.78. The van der Waals surface area contributed by atoms with Crippen LogP contribution >= 0.6 is 12.4 Å². The first-order valence-electron chi connectivity index (χ1n) is 9.45. The van der Waals surface area contributed by atoms with Gasteiger partial charge in [-0.05, 0) is 30.9 Å². The van der Waals surface area contributed by atoms with Gasteiger partial charge in [-0.15, -0.1) is 12.4 Å². The molecule has 2 saturated heterocycles. The number of nitrogens with two attached hydrogens (primary N) is 1. The van der Waals surface area contributed by atoms with Gasteiger partial charge in [0.15, 0.2) is 0 Å². The highest BCUT2D eigenvalue weighted by Crippen LogP contribution is 2.32. The second-order valence-electron chi connectivity index (χ2n) is 7.37. The Balaban J connectivity index is 0.00000261. The predicted molar refractivity (Wildman–Crippen MR) is 107 cm³/mol. The molecule has 7 heteroatoms. The van der Waals surface area contributed by atoms with E-state index in [1.807, 2.05) is 41.0 Å². The van der Waals surface area contributed by atoms with Gasteiger partial charge in [0.25, 0.3) is 0 Å². The molecule has 0 unspecified atom stereocenters. The number of piperazine rings is 1. The summed E-state index contributed by atoms with van der Waals surface area (Å²) in [5.41, 5.74) is 7.68. The number of aryl methyl sites for hydroxylation is 1. The molecule has 0 radical (unpaired) electrons. The molecule has 0 aliphatic carbocycles. The Bertz CT molecular complexity index is 654. The first-order valence-corrected chi connectivity index (χ1v) is 9.45. The van der Waals surface area contributed by atoms with Crippen molar-refractivity contribution in [1.82, 2.24) is 9.80 Å². The summed E-state index contributed by atoms with van der Waals surface area (Å²) >= 11 is 0. The van der Waals surface area contributed by atoms with E-state index in [4.69, 9.17) is 10.5 Å². The highest BCUT2D eigenvalue weighted by Gasteiger charge is 2.42. The third-order valence-electron chi connectivity index (χ3n) is 5.82. The van der Waals surface area contributed by atoms with Crippen molar-refractivity contribution in [3.63, 3.8) is 0 Å². The van der Waals surface area contributed by atoms with E-state index in [9.17, 15) is 9.59 Å². The van der Waals surface area contributed by atoms with Crippen molar-refractivity contribution in [3.8, 4) is 0 Å². The van der Waals surface area contributed by atoms with Gasteiger partial charge in [-0.3, -0.25) is 9.59 Å². The Hall–Kier alpha value is -1.63. The molecular weight excluding hydrogens is 366 g/mol. The standard InChI is InChI=1S/C20H29N3O3.ClH/c1-16-4-2-3-5-17(16)14-18(24)22-8-10-23(11-9-22)19(25)20(15-21)6-12-26-13-7-20;/h2-5H,6-15,21H2,1H3;1H. The van der Waals surface area contributed by atoms with Crippen molar-refractivity contribution >= 4 is 24.2 Å². The van der Waals surface area contributed by atoms with Gasteiger partial charge in [0.1, 0.15) is 0 Å². The fourth-order valence-corrected chi connectivity index (χ4v) is 3.84. The number of nitrogens with zero attached hydrogens (tertiary/aromatic N) is 2. The molecule has 2 amide bonds. The zero-order valence-corrected chi connectivity index (χ0v) is 16.8. The minimum Gasteiger partial charge on any atom is -0.381 e. The van der Waals surface area contributed by atoms with Crippen LogP contribution in [-0.2, 0) is 20.7 Å². The lowest BCUT2D eigenvalue weighted by Crippen LogP contribution is -2.57. The molecule has 1 aromatic rings. The molecule has 0 saturated carbocycles. The third-order valence-corrected chi connectivity index (χ3v) is 5.82. The maximum atomic E-state index is 13.0. The Morgan fingerprint density at radius 1 is 1.07 bits per heavy atom. The number of carbonyl (C=O) groups is 2. The van der Waals surface area contributed by atoms with Gasteiger partial charge in [0, 0.05) is 45.9 Å². The number of ether oxygens (including phenoxy) is 1. The summed E-state index contributed by atoms with van der Waals surface area (Å²) in [4.78, 5) is 29.4. The fourth-order valence-electron chi connectivity index (χ4n) is 3.84. The number of carbonyl (C=O) groups excluding carboxylic acids is 2. The van der Waals surface area contributed by atoms with Crippen molar-refractivity contribution in [2.45, 2.75) is 26.2 Å². The molecule has 0 bridgehead atoms. The molecule has 0 atom stereocenters. The summed E-state index contributed by atoms with van der Waals surface area (Å²) in [6.07, 6.45) is 1.80. The first-order chi connectivity index (χ1) is 12.6. The van der Waals surface area contributed by atoms with Gasteiger partial charge in [-0.1, -0.05) is 24.3 Å². The first kappa shape index (κ1) is 21.7. The fraction of sp³-hybridized carbons (Fsp3) is 0.600. The van der Waals surface area contributed by atoms with Gasteiger partial charge in [-0.2, -0.15) is 0 Å². The molecule has 3 rings (SSSR count). The average molecular weight is 396 g/mol. The molecule has 2 fully saturated rings. The molecule has 2 aliphatic rings. The van der Waals surface area contributed by atoms with Gasteiger partial charge >= 0.3 is 0 Å². The van der Waals surface area contributed by atoms with Crippen LogP contribution in [0.4, 0.5) is 0 Å². The van der Waals surface area contributed by atoms with Crippen molar-refractivity contribution < 1.29 is 14.3 Å². The lowest BCUT2D eigenvalue weighted by molar-refractivity contribution is -0.151. The van der Waals surface area contributed by atoms with Crippen molar-refractivity contribution in [2.75, 3.05) is 45.9 Å². The summed E-state index contributed by atoms with van der Waals surface area (Å²) in [5, 5.41) is 0. The van der Waals surface area contributed by atoms with Crippen LogP contribution in [0.15, 0.2) is 24.3 Å². The van der Waals surface area contributed by atoms with Gasteiger partial charge in [0.05, 0.1) is 11.8 Å². The topological polar surface area (TPSA) is 75.9 Å². The van der Waals surface area contributed by atoms with Crippen molar-refractivity contribution in [3.05, 3.63) is 35.4 Å². The van der Waals surface area contributed by atoms with E-state index in [1.165, 1.54) is 0 Å². The summed E-state index contributed by atoms with van der Waals surface area (Å²) in [7, 11) is 0. The summed E-state index contributed by atoms with van der Waals surface area (Å²) in [6, 6.07) is 7.98. The monoisotopic (exact) mass is 395 g/mol. The maximum absolute atomic E-state index is 13.0. The van der Waals surface area contributed by atoms with Crippen LogP contribution in [0.25, 0.3) is 0 Å². The molecule has 2 heterocycles. The summed E-state index contributed by atoms with van der Waals surface area (Å²) < 4.78 is 5.40. The SMILES string of the molecule is Cc1ccccc1CC(=O)N1CCN(C(=O)C2(CN)CCOCC2)CC1.Cl. The van der Waals surface area contributed by atoms with E-state index < -0.39 is 5.41 Å². The molecular formula is C20H30ClN3O3. The van der Waals surface area contributed by atoms with E-state index in [1.54, 1.807) is 0 Å². The predicted octanol–water partition coefficient (Wildman–Crippen LogP) is 1.39. The Kier molecular flexibility index (Phi) is 7.65. The summed E-state index contributed by atoms with van der Waals surface area (Å²) in [5.74, 6) is 0.264. The van der Waals surface area contributed by atoms with E-state index >= 15 is 0 Å². The molecule has 0 aromatic heterocycles. The second-order valence-corrected chi connectivity index (χ2v) is 7.37. The Labute approximate surface area is 167 Å². The number of hydrogen-bond donors (Lipinski definition) is 1. The van der Waals surface area contributed by atoms with E-state index in [0.717, 1.165) is 11.1 Å². The van der Waals surface area contributed by atoms with Gasteiger partial charge in [-0.25, -0.2) is 0 Å². The van der Waals surface area contributed by atoms with Crippen molar-refractivity contribution in [1.29, 1.82) is 0 Å². The van der Waals surface area contributed by atoms with Crippen LogP contribution in [0.1, 0.15) is 24.0 Å². The van der Waals surface area contributed by atoms with Crippen LogP contribution in [0.5, 0.6) is 0 Å². The van der Waals surface area contributed by atoms with E-state index in [-0.39, 0.29) is 24.2 Å². The molecule has 0 spiro atoms. The van der Waals surface area contributed by atoms with Gasteiger partial charge in [0.2, 0.25) is 11.8 Å². The number of hydrogen-bond acceptors (Lipinski definition) is 4. The maximum Gasteiger partial charge on any atom is 0.230 e. The number of benzene rings is 1. The normalized spacial score (nSPS) is 19.3. The molecule has 150 valence electrons. The average Bonchev–Trinajstić information content (AvgIpc) is 2.69. The van der Waals surface area contributed by atoms with E-state index in [2.05, 4.69) is 0 Å². The third kappa shape index (κ3) is 4.81. The largest absolute Gasteiger partial charge is 0.381 e. The van der Waals surface area contributed by atoms with Crippen LogP contribution in [-0.4, -0.2) is 67.6 Å². The van der Waals surface area contributed by atoms with Crippen LogP contribution < -0.4 is 5.73 Å². The molecule has 1 aromatic carbocycles. The van der Waals surface area contributed by atoms with Crippen molar-refractivity contribution in [2.24, 2.45) is 11.1 Å². The highest BCUT2D eigenvalue weighted by molar-refractivity contribution is 5.85. The summed E-state index contributed by atoms with van der Waals surface area (Å²) in [6.45, 7) is 5.93. The zero-order chi connectivity index (χ0) is 18.6. The van der Waals surface area contributed by atoms with Crippen LogP contribution in [0.3, 0.4) is 0 Å². The molecule has 6 nitrogen and oxygen atoms in total. The minimum atomic E-state index is -0.481. The quantitative estimate of drug-likeness (QED) is 0.835. The number of rotatable bonds is 4. The highest BCUT2D eigenvalue weighted by atomic mass is 35.5. The zero-order valence-electron chi connectivity index (χ0n) is 16.0. The smallest absolute Gasteiger partial charge is 0.230 e. The van der Waals surface area contributed by atoms with Crippen LogP contribution in [0, 0.1) is 12.3 Å². The Morgan fingerprint density at radius 3 is 2.26 bits per heavy atom. The van der Waals surface area contributed by atoms with Crippen LogP contribution in [0.2, 0.25) is 0 Å².